The van der Waals surface area contributed by atoms with E-state index in [1.54, 1.807) is 0 Å². The van der Waals surface area contributed by atoms with Crippen molar-refractivity contribution in [2.75, 3.05) is 23.0 Å². The van der Waals surface area contributed by atoms with Gasteiger partial charge in [0.2, 0.25) is 10.0 Å². The zero-order valence-corrected chi connectivity index (χ0v) is 17.8. The molecule has 0 saturated carbocycles. The Morgan fingerprint density at radius 3 is 2.03 bits per heavy atom. The van der Waals surface area contributed by atoms with Crippen LogP contribution < -0.4 is 5.32 Å². The van der Waals surface area contributed by atoms with E-state index in [-0.39, 0.29) is 22.0 Å². The third kappa shape index (κ3) is 3.48. The quantitative estimate of drug-likeness (QED) is 0.550. The molecule has 1 aromatic rings. The van der Waals surface area contributed by atoms with Crippen molar-refractivity contribution in [3.05, 3.63) is 29.3 Å². The lowest BCUT2D eigenvalue weighted by Crippen LogP contribution is -2.67. The number of carboxylic acid groups (broad SMARTS) is 1. The number of aryl methyl sites for hydroxylation is 1. The molecule has 3 aliphatic rings. The van der Waals surface area contributed by atoms with Crippen molar-refractivity contribution >= 4 is 35.7 Å². The molecule has 0 aromatic heterocycles. The van der Waals surface area contributed by atoms with E-state index in [1.807, 2.05) is 0 Å². The second kappa shape index (κ2) is 6.48. The number of rotatable bonds is 3. The Labute approximate surface area is 168 Å². The van der Waals surface area contributed by atoms with Gasteiger partial charge in [-0.1, -0.05) is 6.07 Å². The third-order valence-corrected chi connectivity index (χ3v) is 11.2. The van der Waals surface area contributed by atoms with Crippen LogP contribution in [-0.2, 0) is 29.7 Å². The zero-order chi connectivity index (χ0) is 21.4. The van der Waals surface area contributed by atoms with Gasteiger partial charge in [-0.05, 0) is 24.6 Å². The van der Waals surface area contributed by atoms with E-state index in [1.165, 1.54) is 19.1 Å². The van der Waals surface area contributed by atoms with Gasteiger partial charge in [-0.25, -0.2) is 30.0 Å². The van der Waals surface area contributed by atoms with Crippen molar-refractivity contribution < 1.29 is 35.2 Å². The van der Waals surface area contributed by atoms with Gasteiger partial charge in [0, 0.05) is 12.1 Å². The van der Waals surface area contributed by atoms with Crippen LogP contribution in [0.15, 0.2) is 23.1 Å². The molecule has 29 heavy (non-hydrogen) atoms. The molecule has 0 unspecified atom stereocenters. The third-order valence-electron chi connectivity index (χ3n) is 5.72. The molecule has 10 nitrogen and oxygen atoms in total. The van der Waals surface area contributed by atoms with Gasteiger partial charge in [0.25, 0.3) is 0 Å². The first kappa shape index (κ1) is 20.7. The van der Waals surface area contributed by atoms with Crippen LogP contribution in [0, 0.1) is 6.92 Å². The number of sulfonamides is 1. The number of nitrogens with one attached hydrogen (secondary N) is 1. The standard InChI is InChI=1S/C16H20N2O8S3/c1-9-2-3-10(16(19)20)4-15(9)29(25,26)18-13-7-27(21,22)5-11(13)17-12-6-28(23,24)8-14(12)18/h2-4,11-14,17H,5-8H2,1H3,(H,19,20)/t11-,12+,13-,14-/m1/s1. The smallest absolute Gasteiger partial charge is 0.335 e. The van der Waals surface area contributed by atoms with Gasteiger partial charge in [-0.15, -0.1) is 0 Å². The molecule has 13 heteroatoms. The molecule has 1 aromatic carbocycles. The Balaban J connectivity index is 1.87. The maximum atomic E-state index is 13.6. The second-order valence-electron chi connectivity index (χ2n) is 7.79. The molecular formula is C16H20N2O8S3. The number of carboxylic acids is 1. The molecule has 3 saturated heterocycles. The van der Waals surface area contributed by atoms with Crippen LogP contribution in [-0.4, -0.2) is 87.8 Å². The van der Waals surface area contributed by atoms with Crippen molar-refractivity contribution in [2.24, 2.45) is 0 Å². The molecule has 0 radical (unpaired) electrons. The topological polar surface area (TPSA) is 155 Å². The summed E-state index contributed by atoms with van der Waals surface area (Å²) in [5, 5.41) is 12.3. The molecule has 0 aliphatic carbocycles. The highest BCUT2D eigenvalue weighted by Gasteiger charge is 2.57. The summed E-state index contributed by atoms with van der Waals surface area (Å²) in [6.45, 7) is 1.51. The number of carbonyl (C=O) groups is 1. The Morgan fingerprint density at radius 2 is 1.55 bits per heavy atom. The van der Waals surface area contributed by atoms with E-state index < -0.39 is 71.3 Å². The van der Waals surface area contributed by atoms with Gasteiger partial charge in [-0.3, -0.25) is 0 Å². The maximum absolute atomic E-state index is 13.6. The zero-order valence-electron chi connectivity index (χ0n) is 15.3. The molecule has 160 valence electrons. The highest BCUT2D eigenvalue weighted by Crippen LogP contribution is 2.36. The minimum Gasteiger partial charge on any atom is -0.478 e. The molecule has 4 atom stereocenters. The average Bonchev–Trinajstić information content (AvgIpc) is 3.03. The van der Waals surface area contributed by atoms with Crippen LogP contribution in [0.25, 0.3) is 0 Å². The minimum atomic E-state index is -4.36. The predicted molar refractivity (Wildman–Crippen MR) is 103 cm³/mol. The summed E-state index contributed by atoms with van der Waals surface area (Å²) >= 11 is 0. The fraction of sp³-hybridized carbons (Fsp3) is 0.562. The molecule has 0 amide bonds. The van der Waals surface area contributed by atoms with Crippen molar-refractivity contribution in [1.29, 1.82) is 0 Å². The van der Waals surface area contributed by atoms with Gasteiger partial charge >= 0.3 is 5.97 Å². The largest absolute Gasteiger partial charge is 0.478 e. The van der Waals surface area contributed by atoms with E-state index >= 15 is 0 Å². The van der Waals surface area contributed by atoms with E-state index in [4.69, 9.17) is 0 Å². The number of sulfone groups is 2. The Bertz CT molecular complexity index is 1160. The fourth-order valence-corrected chi connectivity index (χ4v) is 10.6. The number of hydrogen-bond donors (Lipinski definition) is 2. The molecular weight excluding hydrogens is 444 g/mol. The molecule has 3 heterocycles. The fourth-order valence-electron chi connectivity index (χ4n) is 4.48. The Hall–Kier alpha value is -1.54. The van der Waals surface area contributed by atoms with Crippen molar-refractivity contribution in [2.45, 2.75) is 36.0 Å². The summed E-state index contributed by atoms with van der Waals surface area (Å²) in [6.07, 6.45) is 0. The molecule has 3 fully saturated rings. The lowest BCUT2D eigenvalue weighted by Gasteiger charge is -2.44. The van der Waals surface area contributed by atoms with Crippen molar-refractivity contribution in [1.82, 2.24) is 9.62 Å². The van der Waals surface area contributed by atoms with E-state index in [0.717, 1.165) is 10.4 Å². The first-order valence-electron chi connectivity index (χ1n) is 8.85. The monoisotopic (exact) mass is 464 g/mol. The van der Waals surface area contributed by atoms with Crippen molar-refractivity contribution in [3.63, 3.8) is 0 Å². The Kier molecular flexibility index (Phi) is 4.63. The number of aromatic carboxylic acids is 1. The first-order valence-corrected chi connectivity index (χ1v) is 13.9. The normalized spacial score (nSPS) is 33.1. The van der Waals surface area contributed by atoms with Crippen LogP contribution >= 0.6 is 0 Å². The lowest BCUT2D eigenvalue weighted by molar-refractivity contribution is 0.0696. The predicted octanol–water partition coefficient (Wildman–Crippen LogP) is -1.38. The van der Waals surface area contributed by atoms with E-state index in [0.29, 0.717) is 5.56 Å². The number of piperazine rings is 1. The van der Waals surface area contributed by atoms with Crippen LogP contribution in [0.4, 0.5) is 0 Å². The van der Waals surface area contributed by atoms with Gasteiger partial charge in [0.15, 0.2) is 19.7 Å². The molecule has 3 aliphatic heterocycles. The average molecular weight is 465 g/mol. The first-order chi connectivity index (χ1) is 13.3. The molecule has 0 bridgehead atoms. The number of nitrogens with zero attached hydrogens (tertiary/aromatic N) is 1. The number of hydrogen-bond acceptors (Lipinski definition) is 8. The SMILES string of the molecule is Cc1ccc(C(=O)O)cc1S(=O)(=O)N1[C@@H]2CS(=O)(=O)C[C@@H]2N[C@@H]2CS(=O)(=O)C[C@H]21. The highest BCUT2D eigenvalue weighted by molar-refractivity contribution is 7.92. The van der Waals surface area contributed by atoms with Gasteiger partial charge < -0.3 is 10.4 Å². The van der Waals surface area contributed by atoms with Gasteiger partial charge in [-0.2, -0.15) is 4.31 Å². The number of benzene rings is 1. The number of fused-ring (bicyclic) bond motifs is 2. The Morgan fingerprint density at radius 1 is 1.03 bits per heavy atom. The van der Waals surface area contributed by atoms with Crippen molar-refractivity contribution in [3.8, 4) is 0 Å². The second-order valence-corrected chi connectivity index (χ2v) is 13.9. The molecule has 4 rings (SSSR count). The summed E-state index contributed by atoms with van der Waals surface area (Å²) in [7, 11) is -11.4. The van der Waals surface area contributed by atoms with E-state index in [9.17, 15) is 35.2 Å². The molecule has 2 N–H and O–H groups in total. The van der Waals surface area contributed by atoms with E-state index in [2.05, 4.69) is 5.32 Å². The summed E-state index contributed by atoms with van der Waals surface area (Å²) in [4.78, 5) is 11.1. The maximum Gasteiger partial charge on any atom is 0.335 e. The van der Waals surface area contributed by atoms with Crippen LogP contribution in [0.2, 0.25) is 0 Å². The van der Waals surface area contributed by atoms with Crippen LogP contribution in [0.5, 0.6) is 0 Å². The summed E-state index contributed by atoms with van der Waals surface area (Å²) < 4.78 is 77.1. The summed E-state index contributed by atoms with van der Waals surface area (Å²) in [6, 6.07) is 0.343. The molecule has 0 spiro atoms. The van der Waals surface area contributed by atoms with Crippen LogP contribution in [0.1, 0.15) is 15.9 Å². The summed E-state index contributed by atoms with van der Waals surface area (Å²) in [5.41, 5.74) is 0.0684. The minimum absolute atomic E-state index is 0.226. The summed E-state index contributed by atoms with van der Waals surface area (Å²) in [5.74, 6) is -2.68. The highest BCUT2D eigenvalue weighted by atomic mass is 32.2. The van der Waals surface area contributed by atoms with Gasteiger partial charge in [0.1, 0.15) is 0 Å². The van der Waals surface area contributed by atoms with Crippen LogP contribution in [0.3, 0.4) is 0 Å². The van der Waals surface area contributed by atoms with Gasteiger partial charge in [0.05, 0.1) is 45.6 Å². The lowest BCUT2D eigenvalue weighted by atomic mass is 10.0.